The zero-order valence-corrected chi connectivity index (χ0v) is 17.1. The maximum absolute atomic E-state index is 13.4. The number of hydrogen-bond acceptors (Lipinski definition) is 5. The molecule has 4 rings (SSSR count). The monoisotopic (exact) mass is 435 g/mol. The van der Waals surface area contributed by atoms with Gasteiger partial charge < -0.3 is 9.73 Å². The van der Waals surface area contributed by atoms with E-state index in [9.17, 15) is 14.0 Å². The lowest BCUT2D eigenvalue weighted by molar-refractivity contribution is -0.118. The second-order valence-corrected chi connectivity index (χ2v) is 7.54. The molecule has 1 aromatic heterocycles. The van der Waals surface area contributed by atoms with Crippen LogP contribution in [-0.2, 0) is 16.1 Å². The number of carbonyl (C=O) groups is 2. The van der Waals surface area contributed by atoms with Crippen LogP contribution in [0.2, 0.25) is 0 Å². The summed E-state index contributed by atoms with van der Waals surface area (Å²) in [6.45, 7) is 0.276. The lowest BCUT2D eigenvalue weighted by atomic mass is 10.2. The molecule has 8 heteroatoms. The van der Waals surface area contributed by atoms with Crippen LogP contribution >= 0.6 is 11.8 Å². The van der Waals surface area contributed by atoms with Crippen LogP contribution in [-0.4, -0.2) is 22.7 Å². The molecule has 0 fully saturated rings. The number of furan rings is 1. The van der Waals surface area contributed by atoms with Gasteiger partial charge in [0.25, 0.3) is 5.91 Å². The van der Waals surface area contributed by atoms with Crippen molar-refractivity contribution >= 4 is 40.5 Å². The molecule has 31 heavy (non-hydrogen) atoms. The average molecular weight is 435 g/mol. The van der Waals surface area contributed by atoms with Gasteiger partial charge in [0, 0.05) is 0 Å². The summed E-state index contributed by atoms with van der Waals surface area (Å²) in [5.74, 6) is -0.264. The smallest absolute Gasteiger partial charge is 0.283 e. The molecule has 2 heterocycles. The molecule has 0 bridgehead atoms. The van der Waals surface area contributed by atoms with Gasteiger partial charge in [-0.1, -0.05) is 42.1 Å². The van der Waals surface area contributed by atoms with E-state index in [0.717, 1.165) is 17.3 Å². The van der Waals surface area contributed by atoms with Gasteiger partial charge in [0.1, 0.15) is 17.3 Å². The Bertz CT molecular complexity index is 1130. The van der Waals surface area contributed by atoms with Crippen molar-refractivity contribution in [2.24, 2.45) is 4.99 Å². The fraction of sp³-hybridized carbons (Fsp3) is 0.0870. The summed E-state index contributed by atoms with van der Waals surface area (Å²) >= 11 is 1.13. The molecule has 2 amide bonds. The van der Waals surface area contributed by atoms with Crippen LogP contribution in [0.1, 0.15) is 11.3 Å². The molecule has 0 radical (unpaired) electrons. The minimum atomic E-state index is -0.404. The minimum Gasteiger partial charge on any atom is -0.467 e. The fourth-order valence-corrected chi connectivity index (χ4v) is 3.74. The van der Waals surface area contributed by atoms with Crippen molar-refractivity contribution < 1.29 is 18.4 Å². The zero-order chi connectivity index (χ0) is 21.6. The largest absolute Gasteiger partial charge is 0.467 e. The van der Waals surface area contributed by atoms with Crippen LogP contribution in [0.25, 0.3) is 6.08 Å². The number of nitrogens with one attached hydrogen (secondary N) is 1. The predicted octanol–water partition coefficient (Wildman–Crippen LogP) is 4.21. The van der Waals surface area contributed by atoms with Crippen molar-refractivity contribution in [3.63, 3.8) is 0 Å². The molecule has 0 saturated carbocycles. The highest BCUT2D eigenvalue weighted by atomic mass is 32.2. The van der Waals surface area contributed by atoms with E-state index < -0.39 is 5.82 Å². The molecule has 0 saturated heterocycles. The zero-order valence-electron chi connectivity index (χ0n) is 16.3. The van der Waals surface area contributed by atoms with Crippen LogP contribution in [0.4, 0.5) is 10.1 Å². The molecular formula is C23H18FN3O3S. The van der Waals surface area contributed by atoms with Gasteiger partial charge in [0.15, 0.2) is 5.17 Å². The summed E-state index contributed by atoms with van der Waals surface area (Å²) in [5, 5.41) is 3.11. The van der Waals surface area contributed by atoms with E-state index in [-0.39, 0.29) is 29.8 Å². The van der Waals surface area contributed by atoms with Crippen LogP contribution in [0.15, 0.2) is 88.1 Å². The Balaban J connectivity index is 1.52. The first kappa shape index (κ1) is 20.6. The lowest BCUT2D eigenvalue weighted by Crippen LogP contribution is -2.32. The summed E-state index contributed by atoms with van der Waals surface area (Å²) in [5.41, 5.74) is 1.55. The van der Waals surface area contributed by atoms with E-state index in [1.165, 1.54) is 35.4 Å². The summed E-state index contributed by atoms with van der Waals surface area (Å²) in [4.78, 5) is 31.1. The predicted molar refractivity (Wildman–Crippen MR) is 119 cm³/mol. The number of thioether (sulfide) groups is 1. The molecule has 1 aliphatic heterocycles. The molecular weight excluding hydrogens is 417 g/mol. The second kappa shape index (κ2) is 9.44. The maximum Gasteiger partial charge on any atom is 0.283 e. The first-order valence-corrected chi connectivity index (χ1v) is 10.5. The summed E-state index contributed by atoms with van der Waals surface area (Å²) in [6.07, 6.45) is 3.22. The van der Waals surface area contributed by atoms with E-state index in [4.69, 9.17) is 4.42 Å². The van der Waals surface area contributed by atoms with E-state index >= 15 is 0 Å². The Morgan fingerprint density at radius 3 is 2.58 bits per heavy atom. The van der Waals surface area contributed by atoms with Crippen molar-refractivity contribution in [1.82, 2.24) is 5.32 Å². The number of benzene rings is 2. The van der Waals surface area contributed by atoms with Gasteiger partial charge in [0.2, 0.25) is 5.91 Å². The van der Waals surface area contributed by atoms with E-state index in [1.54, 1.807) is 18.2 Å². The molecule has 1 aliphatic rings. The average Bonchev–Trinajstić information content (AvgIpc) is 3.41. The van der Waals surface area contributed by atoms with Gasteiger partial charge in [-0.05, 0) is 48.0 Å². The van der Waals surface area contributed by atoms with Crippen molar-refractivity contribution in [2.75, 3.05) is 10.7 Å². The molecule has 6 nitrogen and oxygen atoms in total. The fourth-order valence-electron chi connectivity index (χ4n) is 2.90. The van der Waals surface area contributed by atoms with Gasteiger partial charge in [-0.25, -0.2) is 9.38 Å². The lowest BCUT2D eigenvalue weighted by Gasteiger charge is -2.17. The van der Waals surface area contributed by atoms with Crippen LogP contribution in [0.3, 0.4) is 0 Å². The third-order valence-corrected chi connectivity index (χ3v) is 5.33. The third-order valence-electron chi connectivity index (χ3n) is 4.39. The normalized spacial score (nSPS) is 14.7. The highest BCUT2D eigenvalue weighted by molar-refractivity contribution is 8.14. The Labute approximate surface area is 182 Å². The Morgan fingerprint density at radius 1 is 1.10 bits per heavy atom. The number of halogens is 1. The minimum absolute atomic E-state index is 0.0587. The van der Waals surface area contributed by atoms with Gasteiger partial charge >= 0.3 is 0 Å². The Kier molecular flexibility index (Phi) is 6.28. The van der Waals surface area contributed by atoms with E-state index in [0.29, 0.717) is 16.6 Å². The number of hydrogen-bond donors (Lipinski definition) is 1. The van der Waals surface area contributed by atoms with Gasteiger partial charge in [-0.2, -0.15) is 0 Å². The van der Waals surface area contributed by atoms with Gasteiger partial charge in [-0.3, -0.25) is 14.5 Å². The van der Waals surface area contributed by atoms with Gasteiger partial charge in [0.05, 0.1) is 24.2 Å². The third kappa shape index (κ3) is 5.10. The first-order chi connectivity index (χ1) is 15.1. The van der Waals surface area contributed by atoms with E-state index in [1.807, 2.05) is 30.3 Å². The first-order valence-electron chi connectivity index (χ1n) is 9.47. The van der Waals surface area contributed by atoms with Crippen molar-refractivity contribution in [2.45, 2.75) is 6.54 Å². The molecule has 0 aliphatic carbocycles. The number of rotatable bonds is 6. The molecule has 2 aromatic carbocycles. The number of anilines is 1. The molecule has 0 unspecified atom stereocenters. The molecule has 156 valence electrons. The number of amidine groups is 1. The highest BCUT2D eigenvalue weighted by Gasteiger charge is 2.32. The van der Waals surface area contributed by atoms with Crippen molar-refractivity contribution in [3.05, 3.63) is 95.8 Å². The number of aliphatic imine (C=N–C) groups is 1. The number of amides is 2. The topological polar surface area (TPSA) is 74.9 Å². The standard InChI is InChI=1S/C23H18FN3O3S/c24-17-8-10-18(11-9-17)27-22(29)20(13-16-5-2-1-3-6-16)26-23(27)31-15-21(28)25-14-19-7-4-12-30-19/h1-13H,14-15H2,(H,25,28)/b20-13+. The van der Waals surface area contributed by atoms with Crippen LogP contribution < -0.4 is 10.2 Å². The summed E-state index contributed by atoms with van der Waals surface area (Å²) < 4.78 is 18.6. The molecule has 1 N–H and O–H groups in total. The van der Waals surface area contributed by atoms with Crippen LogP contribution in [0.5, 0.6) is 0 Å². The number of carbonyl (C=O) groups excluding carboxylic acids is 2. The maximum atomic E-state index is 13.4. The highest BCUT2D eigenvalue weighted by Crippen LogP contribution is 2.29. The number of nitrogens with zero attached hydrogens (tertiary/aromatic N) is 2. The molecule has 3 aromatic rings. The van der Waals surface area contributed by atoms with Crippen LogP contribution in [0, 0.1) is 5.82 Å². The molecule has 0 spiro atoms. The SMILES string of the molecule is O=C(CSC1=N/C(=C/c2ccccc2)C(=O)N1c1ccc(F)cc1)NCc1ccco1. The molecule has 0 atom stereocenters. The quantitative estimate of drug-likeness (QED) is 0.589. The second-order valence-electron chi connectivity index (χ2n) is 6.60. The van der Waals surface area contributed by atoms with E-state index in [2.05, 4.69) is 10.3 Å². The summed E-state index contributed by atoms with van der Waals surface area (Å²) in [7, 11) is 0. The van der Waals surface area contributed by atoms with Crippen molar-refractivity contribution in [1.29, 1.82) is 0 Å². The van der Waals surface area contributed by atoms with Gasteiger partial charge in [-0.15, -0.1) is 0 Å². The summed E-state index contributed by atoms with van der Waals surface area (Å²) in [6, 6.07) is 18.4. The Morgan fingerprint density at radius 2 is 1.87 bits per heavy atom. The Hall–Kier alpha value is -3.65. The van der Waals surface area contributed by atoms with Crippen molar-refractivity contribution in [3.8, 4) is 0 Å².